The standard InChI is InChI=1S/C23H28N2O3/c1-18(26)25(16-15-23(27)24-20-9-5-6-10-20)21-11-13-22(14-12-21)28-17-19-7-3-2-4-8-19/h2-4,7-8,11-14,20H,5-6,9-10,15-17H2,1H3,(H,24,27). The SMILES string of the molecule is CC(=O)N(CCC(=O)NC1CCCC1)c1ccc(OCc2ccccc2)cc1. The highest BCUT2D eigenvalue weighted by molar-refractivity contribution is 5.92. The molecule has 3 rings (SSSR count). The van der Waals surface area contributed by atoms with Crippen LogP contribution in [0.25, 0.3) is 0 Å². The topological polar surface area (TPSA) is 58.6 Å². The first-order valence-electron chi connectivity index (χ1n) is 9.96. The van der Waals surface area contributed by atoms with E-state index in [4.69, 9.17) is 4.74 Å². The lowest BCUT2D eigenvalue weighted by atomic mass is 10.2. The molecule has 0 aliphatic heterocycles. The summed E-state index contributed by atoms with van der Waals surface area (Å²) in [5, 5.41) is 3.07. The van der Waals surface area contributed by atoms with Crippen molar-refractivity contribution in [3.8, 4) is 5.75 Å². The van der Waals surface area contributed by atoms with Crippen molar-refractivity contribution in [2.45, 2.75) is 51.7 Å². The van der Waals surface area contributed by atoms with Crippen molar-refractivity contribution >= 4 is 17.5 Å². The summed E-state index contributed by atoms with van der Waals surface area (Å²) in [6, 6.07) is 17.7. The maximum atomic E-state index is 12.2. The zero-order valence-electron chi connectivity index (χ0n) is 16.4. The van der Waals surface area contributed by atoms with E-state index in [9.17, 15) is 9.59 Å². The Morgan fingerprint density at radius 3 is 2.36 bits per heavy atom. The molecule has 0 atom stereocenters. The molecule has 1 aliphatic rings. The van der Waals surface area contributed by atoms with Gasteiger partial charge < -0.3 is 15.0 Å². The van der Waals surface area contributed by atoms with Crippen LogP contribution in [0.15, 0.2) is 54.6 Å². The molecular formula is C23H28N2O3. The van der Waals surface area contributed by atoms with Gasteiger partial charge >= 0.3 is 0 Å². The maximum Gasteiger partial charge on any atom is 0.223 e. The third kappa shape index (κ3) is 5.84. The van der Waals surface area contributed by atoms with E-state index in [0.29, 0.717) is 25.6 Å². The third-order valence-corrected chi connectivity index (χ3v) is 5.06. The van der Waals surface area contributed by atoms with Crippen molar-refractivity contribution in [3.63, 3.8) is 0 Å². The number of hydrogen-bond donors (Lipinski definition) is 1. The lowest BCUT2D eigenvalue weighted by molar-refractivity contribution is -0.121. The second kappa shape index (κ2) is 9.93. The van der Waals surface area contributed by atoms with Gasteiger partial charge in [-0.3, -0.25) is 9.59 Å². The first kappa shape index (κ1) is 19.9. The summed E-state index contributed by atoms with van der Waals surface area (Å²) in [7, 11) is 0. The van der Waals surface area contributed by atoms with Crippen molar-refractivity contribution in [1.82, 2.24) is 5.32 Å². The molecule has 2 aromatic carbocycles. The molecule has 148 valence electrons. The average Bonchev–Trinajstić information content (AvgIpc) is 3.21. The van der Waals surface area contributed by atoms with Gasteiger partial charge in [0.2, 0.25) is 11.8 Å². The molecule has 0 spiro atoms. The molecular weight excluding hydrogens is 352 g/mol. The first-order chi connectivity index (χ1) is 13.6. The van der Waals surface area contributed by atoms with Gasteiger partial charge in [0.15, 0.2) is 0 Å². The van der Waals surface area contributed by atoms with Crippen LogP contribution >= 0.6 is 0 Å². The van der Waals surface area contributed by atoms with E-state index in [0.717, 1.165) is 29.8 Å². The second-order valence-corrected chi connectivity index (χ2v) is 7.24. The van der Waals surface area contributed by atoms with E-state index in [1.54, 1.807) is 4.90 Å². The normalized spacial score (nSPS) is 13.9. The molecule has 0 heterocycles. The molecule has 1 aliphatic carbocycles. The van der Waals surface area contributed by atoms with Gasteiger partial charge in [-0.1, -0.05) is 43.2 Å². The Kier molecular flexibility index (Phi) is 7.06. The van der Waals surface area contributed by atoms with Crippen LogP contribution in [0.1, 0.15) is 44.6 Å². The van der Waals surface area contributed by atoms with Crippen molar-refractivity contribution in [3.05, 3.63) is 60.2 Å². The number of benzene rings is 2. The molecule has 5 heteroatoms. The van der Waals surface area contributed by atoms with Crippen LogP contribution in [0.4, 0.5) is 5.69 Å². The first-order valence-corrected chi connectivity index (χ1v) is 9.96. The lowest BCUT2D eigenvalue weighted by Crippen LogP contribution is -2.37. The molecule has 2 aromatic rings. The summed E-state index contributed by atoms with van der Waals surface area (Å²) >= 11 is 0. The molecule has 0 unspecified atom stereocenters. The minimum atomic E-state index is -0.0772. The van der Waals surface area contributed by atoms with Crippen molar-refractivity contribution in [2.24, 2.45) is 0 Å². The number of ether oxygens (including phenoxy) is 1. The van der Waals surface area contributed by atoms with E-state index < -0.39 is 0 Å². The Hall–Kier alpha value is -2.82. The summed E-state index contributed by atoms with van der Waals surface area (Å²) in [6.07, 6.45) is 4.80. The van der Waals surface area contributed by atoms with Crippen LogP contribution in [0.5, 0.6) is 5.75 Å². The number of carbonyl (C=O) groups is 2. The number of anilines is 1. The zero-order chi connectivity index (χ0) is 19.8. The second-order valence-electron chi connectivity index (χ2n) is 7.24. The van der Waals surface area contributed by atoms with E-state index in [-0.39, 0.29) is 11.8 Å². The molecule has 2 amide bonds. The van der Waals surface area contributed by atoms with Crippen LogP contribution in [-0.4, -0.2) is 24.4 Å². The third-order valence-electron chi connectivity index (χ3n) is 5.06. The summed E-state index contributed by atoms with van der Waals surface area (Å²) < 4.78 is 5.79. The van der Waals surface area contributed by atoms with Crippen LogP contribution in [0.3, 0.4) is 0 Å². The average molecular weight is 380 g/mol. The van der Waals surface area contributed by atoms with Crippen LogP contribution < -0.4 is 15.0 Å². The van der Waals surface area contributed by atoms with Crippen LogP contribution in [0, 0.1) is 0 Å². The number of amides is 2. The molecule has 28 heavy (non-hydrogen) atoms. The Labute approximate surface area is 166 Å². The summed E-state index contributed by atoms with van der Waals surface area (Å²) in [6.45, 7) is 2.39. The number of hydrogen-bond acceptors (Lipinski definition) is 3. The zero-order valence-corrected chi connectivity index (χ0v) is 16.4. The maximum absolute atomic E-state index is 12.2. The fourth-order valence-corrected chi connectivity index (χ4v) is 3.51. The quantitative estimate of drug-likeness (QED) is 0.751. The smallest absolute Gasteiger partial charge is 0.223 e. The number of rotatable bonds is 8. The van der Waals surface area contributed by atoms with E-state index in [1.165, 1.54) is 19.8 Å². The molecule has 1 N–H and O–H groups in total. The molecule has 5 nitrogen and oxygen atoms in total. The summed E-state index contributed by atoms with van der Waals surface area (Å²) in [5.74, 6) is 0.683. The minimum Gasteiger partial charge on any atom is -0.489 e. The molecule has 0 radical (unpaired) electrons. The van der Waals surface area contributed by atoms with Gasteiger partial charge in [0.25, 0.3) is 0 Å². The molecule has 1 saturated carbocycles. The van der Waals surface area contributed by atoms with E-state index in [1.807, 2.05) is 54.6 Å². The summed E-state index contributed by atoms with van der Waals surface area (Å²) in [5.41, 5.74) is 1.87. The fraction of sp³-hybridized carbons (Fsp3) is 0.391. The highest BCUT2D eigenvalue weighted by Gasteiger charge is 2.18. The lowest BCUT2D eigenvalue weighted by Gasteiger charge is -2.22. The van der Waals surface area contributed by atoms with Crippen molar-refractivity contribution in [1.29, 1.82) is 0 Å². The Morgan fingerprint density at radius 2 is 1.71 bits per heavy atom. The monoisotopic (exact) mass is 380 g/mol. The Morgan fingerprint density at radius 1 is 1.04 bits per heavy atom. The minimum absolute atomic E-state index is 0.0148. The van der Waals surface area contributed by atoms with E-state index in [2.05, 4.69) is 5.32 Å². The van der Waals surface area contributed by atoms with Gasteiger partial charge in [-0.15, -0.1) is 0 Å². The number of carbonyl (C=O) groups excluding carboxylic acids is 2. The van der Waals surface area contributed by atoms with Gasteiger partial charge in [0.1, 0.15) is 12.4 Å². The van der Waals surface area contributed by atoms with Gasteiger partial charge in [0, 0.05) is 31.6 Å². The van der Waals surface area contributed by atoms with Gasteiger partial charge in [0.05, 0.1) is 0 Å². The number of nitrogens with zero attached hydrogens (tertiary/aromatic N) is 1. The Balaban J connectivity index is 1.52. The number of nitrogens with one attached hydrogen (secondary N) is 1. The van der Waals surface area contributed by atoms with Gasteiger partial charge in [-0.2, -0.15) is 0 Å². The van der Waals surface area contributed by atoms with E-state index >= 15 is 0 Å². The van der Waals surface area contributed by atoms with Gasteiger partial charge in [-0.25, -0.2) is 0 Å². The highest BCUT2D eigenvalue weighted by atomic mass is 16.5. The molecule has 1 fully saturated rings. The molecule has 0 aromatic heterocycles. The van der Waals surface area contributed by atoms with Crippen LogP contribution in [0.2, 0.25) is 0 Å². The summed E-state index contributed by atoms with van der Waals surface area (Å²) in [4.78, 5) is 25.9. The highest BCUT2D eigenvalue weighted by Crippen LogP contribution is 2.21. The Bertz CT molecular complexity index is 768. The largest absolute Gasteiger partial charge is 0.489 e. The van der Waals surface area contributed by atoms with Crippen molar-refractivity contribution in [2.75, 3.05) is 11.4 Å². The molecule has 0 saturated heterocycles. The molecule has 0 bridgehead atoms. The predicted molar refractivity (Wildman–Crippen MR) is 110 cm³/mol. The van der Waals surface area contributed by atoms with Crippen LogP contribution in [-0.2, 0) is 16.2 Å². The van der Waals surface area contributed by atoms with Crippen molar-refractivity contribution < 1.29 is 14.3 Å². The van der Waals surface area contributed by atoms with Gasteiger partial charge in [-0.05, 0) is 42.7 Å². The fourth-order valence-electron chi connectivity index (χ4n) is 3.51. The predicted octanol–water partition coefficient (Wildman–Crippen LogP) is 4.07.